The van der Waals surface area contributed by atoms with E-state index in [1.54, 1.807) is 0 Å². The summed E-state index contributed by atoms with van der Waals surface area (Å²) >= 11 is 0. The number of unbranched alkanes of at least 4 members (excludes halogenated alkanes) is 1. The van der Waals surface area contributed by atoms with Crippen LogP contribution < -0.4 is 5.32 Å². The second kappa shape index (κ2) is 7.68. The van der Waals surface area contributed by atoms with Gasteiger partial charge in [-0.15, -0.1) is 0 Å². The lowest BCUT2D eigenvalue weighted by Crippen LogP contribution is -2.12. The smallest absolute Gasteiger partial charge is 0.338 e. The van der Waals surface area contributed by atoms with Crippen molar-refractivity contribution in [3.63, 3.8) is 0 Å². The van der Waals surface area contributed by atoms with Crippen molar-refractivity contribution in [2.75, 3.05) is 25.1 Å². The summed E-state index contributed by atoms with van der Waals surface area (Å²) in [6.07, 6.45) is 1.99. The lowest BCUT2D eigenvalue weighted by atomic mass is 10.2. The lowest BCUT2D eigenvalue weighted by molar-refractivity contribution is 0.0690. The van der Waals surface area contributed by atoms with Gasteiger partial charge in [-0.25, -0.2) is 13.6 Å². The van der Waals surface area contributed by atoms with E-state index in [2.05, 4.69) is 5.32 Å². The van der Waals surface area contributed by atoms with Crippen LogP contribution in [0.3, 0.4) is 0 Å². The third-order valence-electron chi connectivity index (χ3n) is 2.52. The molecule has 0 heterocycles. The van der Waals surface area contributed by atoms with Crippen molar-refractivity contribution in [1.29, 1.82) is 0 Å². The van der Waals surface area contributed by atoms with Crippen LogP contribution in [0.5, 0.6) is 0 Å². The Hall–Kier alpha value is -1.69. The normalized spacial score (nSPS) is 10.5. The zero-order valence-electron chi connectivity index (χ0n) is 10.7. The molecule has 1 rings (SSSR count). The van der Waals surface area contributed by atoms with Crippen LogP contribution >= 0.6 is 0 Å². The molecule has 106 valence electrons. The highest BCUT2D eigenvalue weighted by Crippen LogP contribution is 2.20. The molecule has 4 nitrogen and oxygen atoms in total. The lowest BCUT2D eigenvalue weighted by Gasteiger charge is -2.09. The molecule has 19 heavy (non-hydrogen) atoms. The largest absolute Gasteiger partial charge is 0.478 e. The second-order valence-corrected chi connectivity index (χ2v) is 3.99. The minimum Gasteiger partial charge on any atom is -0.478 e. The van der Waals surface area contributed by atoms with Gasteiger partial charge in [0.1, 0.15) is 0 Å². The molecule has 0 bridgehead atoms. The highest BCUT2D eigenvalue weighted by atomic mass is 19.2. The molecule has 0 saturated carbocycles. The molecule has 0 atom stereocenters. The minimum absolute atomic E-state index is 0.0680. The number of benzene rings is 1. The maximum atomic E-state index is 13.5. The highest BCUT2D eigenvalue weighted by molar-refractivity contribution is 5.88. The summed E-state index contributed by atoms with van der Waals surface area (Å²) in [5.74, 6) is -4.04. The number of carboxylic acid groups (broad SMARTS) is 1. The Kier molecular flexibility index (Phi) is 6.21. The number of halogens is 2. The first-order valence-corrected chi connectivity index (χ1v) is 6.10. The van der Waals surface area contributed by atoms with E-state index in [0.29, 0.717) is 19.8 Å². The Morgan fingerprint density at radius 3 is 2.68 bits per heavy atom. The predicted octanol–water partition coefficient (Wildman–Crippen LogP) is 2.89. The van der Waals surface area contributed by atoms with Gasteiger partial charge in [0, 0.05) is 13.2 Å². The second-order valence-electron chi connectivity index (χ2n) is 3.99. The molecule has 6 heteroatoms. The van der Waals surface area contributed by atoms with E-state index in [9.17, 15) is 13.6 Å². The van der Waals surface area contributed by atoms with E-state index < -0.39 is 23.2 Å². The fourth-order valence-electron chi connectivity index (χ4n) is 1.46. The van der Waals surface area contributed by atoms with E-state index in [1.807, 2.05) is 6.92 Å². The van der Waals surface area contributed by atoms with Gasteiger partial charge in [-0.2, -0.15) is 0 Å². The molecule has 1 aromatic rings. The van der Waals surface area contributed by atoms with Crippen molar-refractivity contribution in [2.45, 2.75) is 19.8 Å². The van der Waals surface area contributed by atoms with Gasteiger partial charge in [0.25, 0.3) is 0 Å². The number of carbonyl (C=O) groups is 1. The predicted molar refractivity (Wildman–Crippen MR) is 67.5 cm³/mol. The Morgan fingerprint density at radius 1 is 1.32 bits per heavy atom. The molecule has 0 aromatic heterocycles. The van der Waals surface area contributed by atoms with Crippen molar-refractivity contribution in [1.82, 2.24) is 0 Å². The van der Waals surface area contributed by atoms with Gasteiger partial charge in [-0.3, -0.25) is 0 Å². The van der Waals surface area contributed by atoms with Gasteiger partial charge < -0.3 is 15.2 Å². The topological polar surface area (TPSA) is 58.6 Å². The number of hydrogen-bond donors (Lipinski definition) is 2. The number of anilines is 1. The summed E-state index contributed by atoms with van der Waals surface area (Å²) in [5, 5.41) is 11.3. The monoisotopic (exact) mass is 273 g/mol. The molecule has 1 aromatic carbocycles. The maximum Gasteiger partial charge on any atom is 0.338 e. The first-order chi connectivity index (χ1) is 9.07. The third kappa shape index (κ3) is 4.48. The fourth-order valence-corrected chi connectivity index (χ4v) is 1.46. The molecular weight excluding hydrogens is 256 g/mol. The van der Waals surface area contributed by atoms with Crippen LogP contribution in [0.2, 0.25) is 0 Å². The number of ether oxygens (including phenoxy) is 1. The van der Waals surface area contributed by atoms with Crippen molar-refractivity contribution in [3.05, 3.63) is 29.3 Å². The van der Waals surface area contributed by atoms with Gasteiger partial charge in [0.15, 0.2) is 11.6 Å². The molecule has 0 aliphatic carbocycles. The van der Waals surface area contributed by atoms with Crippen molar-refractivity contribution >= 4 is 11.7 Å². The quantitative estimate of drug-likeness (QED) is 0.715. The van der Waals surface area contributed by atoms with E-state index in [-0.39, 0.29) is 5.69 Å². The summed E-state index contributed by atoms with van der Waals surface area (Å²) in [5.41, 5.74) is -0.746. The summed E-state index contributed by atoms with van der Waals surface area (Å²) in [7, 11) is 0. The van der Waals surface area contributed by atoms with Gasteiger partial charge in [0.05, 0.1) is 17.9 Å². The zero-order valence-corrected chi connectivity index (χ0v) is 10.7. The summed E-state index contributed by atoms with van der Waals surface area (Å²) in [4.78, 5) is 10.6. The van der Waals surface area contributed by atoms with Crippen LogP contribution in [-0.2, 0) is 4.74 Å². The van der Waals surface area contributed by atoms with Crippen molar-refractivity contribution < 1.29 is 23.4 Å². The van der Waals surface area contributed by atoms with E-state index in [4.69, 9.17) is 9.84 Å². The van der Waals surface area contributed by atoms with E-state index in [1.165, 1.54) is 6.07 Å². The van der Waals surface area contributed by atoms with E-state index >= 15 is 0 Å². The summed E-state index contributed by atoms with van der Waals surface area (Å²) in [6, 6.07) is 2.23. The first-order valence-electron chi connectivity index (χ1n) is 6.10. The number of carboxylic acids is 1. The third-order valence-corrected chi connectivity index (χ3v) is 2.52. The first kappa shape index (κ1) is 15.4. The van der Waals surface area contributed by atoms with E-state index in [0.717, 1.165) is 18.9 Å². The number of hydrogen-bond acceptors (Lipinski definition) is 3. The molecule has 0 aliphatic heterocycles. The number of aromatic carboxylic acids is 1. The highest BCUT2D eigenvalue weighted by Gasteiger charge is 2.17. The molecule has 0 fully saturated rings. The van der Waals surface area contributed by atoms with Gasteiger partial charge >= 0.3 is 5.97 Å². The minimum atomic E-state index is -1.49. The van der Waals surface area contributed by atoms with Crippen LogP contribution in [0.4, 0.5) is 14.5 Å². The van der Waals surface area contributed by atoms with Crippen LogP contribution in [0, 0.1) is 11.6 Å². The molecule has 0 radical (unpaired) electrons. The summed E-state index contributed by atoms with van der Waals surface area (Å²) in [6.45, 7) is 3.38. The molecule has 0 spiro atoms. The number of rotatable bonds is 8. The fraction of sp³-hybridized carbons (Fsp3) is 0.462. The van der Waals surface area contributed by atoms with Gasteiger partial charge in [-0.05, 0) is 18.6 Å². The Labute approximate surface area is 110 Å². The molecule has 0 aliphatic rings. The molecule has 2 N–H and O–H groups in total. The van der Waals surface area contributed by atoms with Crippen LogP contribution in [0.1, 0.15) is 30.1 Å². The van der Waals surface area contributed by atoms with Gasteiger partial charge in [-0.1, -0.05) is 13.3 Å². The number of nitrogens with one attached hydrogen (secondary N) is 1. The van der Waals surface area contributed by atoms with Crippen LogP contribution in [-0.4, -0.2) is 30.8 Å². The average molecular weight is 273 g/mol. The average Bonchev–Trinajstić information content (AvgIpc) is 2.38. The van der Waals surface area contributed by atoms with Crippen LogP contribution in [0.25, 0.3) is 0 Å². The van der Waals surface area contributed by atoms with Crippen LogP contribution in [0.15, 0.2) is 12.1 Å². The maximum absolute atomic E-state index is 13.5. The molecule has 0 unspecified atom stereocenters. The molecule has 0 saturated heterocycles. The zero-order chi connectivity index (χ0) is 14.3. The Morgan fingerprint density at radius 2 is 2.05 bits per heavy atom. The molecule has 0 amide bonds. The standard InChI is InChI=1S/C13H17F2NO3/c1-2-3-7-19-8-6-16-10-5-4-9(13(17)18)11(14)12(10)15/h4-5,16H,2-3,6-8H2,1H3,(H,17,18). The van der Waals surface area contributed by atoms with Crippen molar-refractivity contribution in [2.24, 2.45) is 0 Å². The summed E-state index contributed by atoms with van der Waals surface area (Å²) < 4.78 is 32.1. The molecular formula is C13H17F2NO3. The SMILES string of the molecule is CCCCOCCNc1ccc(C(=O)O)c(F)c1F. The van der Waals surface area contributed by atoms with Gasteiger partial charge in [0.2, 0.25) is 0 Å². The van der Waals surface area contributed by atoms with Crippen molar-refractivity contribution in [3.8, 4) is 0 Å². The Bertz CT molecular complexity index is 438. The Balaban J connectivity index is 2.51.